The van der Waals surface area contributed by atoms with Crippen molar-refractivity contribution in [1.82, 2.24) is 14.5 Å². The summed E-state index contributed by atoms with van der Waals surface area (Å²) in [6.07, 6.45) is 5.12. The standard InChI is InChI=1S/C26H30FN3O3/c1-5-18-12-21(33-16(2)27)7-9-22(18)23-8-6-20(23)15-32-26-24(14-28-17(3)29-26)19-10-11-30(4)25(31)13-19/h7,9-14,16,20,23H,5-6,8,15H2,1-4H3. The number of pyridine rings is 1. The molecule has 7 heteroatoms. The summed E-state index contributed by atoms with van der Waals surface area (Å²) in [6.45, 7) is 5.84. The number of halogens is 1. The molecule has 1 aliphatic carbocycles. The number of hydrogen-bond acceptors (Lipinski definition) is 5. The van der Waals surface area contributed by atoms with Crippen LogP contribution in [0.4, 0.5) is 4.39 Å². The molecule has 0 amide bonds. The van der Waals surface area contributed by atoms with Crippen LogP contribution in [0.5, 0.6) is 11.6 Å². The lowest BCUT2D eigenvalue weighted by molar-refractivity contribution is 0.0858. The summed E-state index contributed by atoms with van der Waals surface area (Å²) in [5.41, 5.74) is 3.82. The van der Waals surface area contributed by atoms with Gasteiger partial charge in [0.15, 0.2) is 0 Å². The minimum atomic E-state index is -1.33. The number of aromatic nitrogens is 3. The summed E-state index contributed by atoms with van der Waals surface area (Å²) in [5, 5.41) is 0. The van der Waals surface area contributed by atoms with Crippen molar-refractivity contribution in [2.45, 2.75) is 52.3 Å². The van der Waals surface area contributed by atoms with E-state index in [9.17, 15) is 9.18 Å². The van der Waals surface area contributed by atoms with Gasteiger partial charge in [-0.3, -0.25) is 4.79 Å². The fourth-order valence-electron chi connectivity index (χ4n) is 4.35. The molecule has 33 heavy (non-hydrogen) atoms. The molecule has 0 saturated heterocycles. The van der Waals surface area contributed by atoms with Crippen LogP contribution in [0.25, 0.3) is 11.1 Å². The first-order chi connectivity index (χ1) is 15.9. The van der Waals surface area contributed by atoms with Gasteiger partial charge in [0, 0.05) is 32.4 Å². The van der Waals surface area contributed by atoms with E-state index >= 15 is 0 Å². The van der Waals surface area contributed by atoms with E-state index in [1.165, 1.54) is 22.6 Å². The summed E-state index contributed by atoms with van der Waals surface area (Å²) in [6, 6.07) is 9.30. The number of ether oxygens (including phenoxy) is 2. The van der Waals surface area contributed by atoms with E-state index < -0.39 is 6.36 Å². The van der Waals surface area contributed by atoms with Gasteiger partial charge in [0.05, 0.1) is 12.2 Å². The second kappa shape index (κ2) is 9.73. The van der Waals surface area contributed by atoms with Crippen LogP contribution in [0, 0.1) is 12.8 Å². The van der Waals surface area contributed by atoms with Gasteiger partial charge in [-0.05, 0) is 72.9 Å². The maximum atomic E-state index is 13.2. The van der Waals surface area contributed by atoms with Gasteiger partial charge in [-0.1, -0.05) is 13.0 Å². The Kier molecular flexibility index (Phi) is 6.77. The molecule has 0 N–H and O–H groups in total. The number of rotatable bonds is 8. The van der Waals surface area contributed by atoms with Crippen LogP contribution >= 0.6 is 0 Å². The van der Waals surface area contributed by atoms with Crippen molar-refractivity contribution < 1.29 is 13.9 Å². The van der Waals surface area contributed by atoms with Gasteiger partial charge >= 0.3 is 0 Å². The van der Waals surface area contributed by atoms with Crippen molar-refractivity contribution >= 4 is 0 Å². The Morgan fingerprint density at radius 1 is 1.24 bits per heavy atom. The zero-order valence-electron chi connectivity index (χ0n) is 19.5. The van der Waals surface area contributed by atoms with Gasteiger partial charge < -0.3 is 14.0 Å². The number of alkyl halides is 1. The molecule has 1 aromatic carbocycles. The van der Waals surface area contributed by atoms with Crippen molar-refractivity contribution in [1.29, 1.82) is 0 Å². The van der Waals surface area contributed by atoms with Crippen LogP contribution in [0.2, 0.25) is 0 Å². The third kappa shape index (κ3) is 5.07. The molecule has 2 heterocycles. The molecule has 0 bridgehead atoms. The fraction of sp³-hybridized carbons (Fsp3) is 0.423. The molecule has 3 unspecified atom stereocenters. The molecular weight excluding hydrogens is 421 g/mol. The summed E-state index contributed by atoms with van der Waals surface area (Å²) < 4.78 is 26.2. The molecule has 0 radical (unpaired) electrons. The van der Waals surface area contributed by atoms with Gasteiger partial charge in [0.25, 0.3) is 5.56 Å². The summed E-state index contributed by atoms with van der Waals surface area (Å²) >= 11 is 0. The Morgan fingerprint density at radius 3 is 2.73 bits per heavy atom. The lowest BCUT2D eigenvalue weighted by atomic mass is 9.69. The summed E-state index contributed by atoms with van der Waals surface area (Å²) in [4.78, 5) is 20.9. The number of aryl methyl sites for hydroxylation is 3. The smallest absolute Gasteiger partial charge is 0.250 e. The van der Waals surface area contributed by atoms with Crippen molar-refractivity contribution in [3.63, 3.8) is 0 Å². The van der Waals surface area contributed by atoms with E-state index in [1.54, 1.807) is 25.5 Å². The molecule has 4 rings (SSSR count). The first kappa shape index (κ1) is 23.0. The van der Waals surface area contributed by atoms with E-state index in [0.29, 0.717) is 41.5 Å². The van der Waals surface area contributed by atoms with E-state index in [1.807, 2.05) is 25.1 Å². The van der Waals surface area contributed by atoms with Crippen molar-refractivity contribution in [2.24, 2.45) is 13.0 Å². The van der Waals surface area contributed by atoms with Crippen LogP contribution in [-0.2, 0) is 13.5 Å². The van der Waals surface area contributed by atoms with Crippen molar-refractivity contribution in [2.75, 3.05) is 6.61 Å². The molecule has 2 aromatic heterocycles. The highest BCUT2D eigenvalue weighted by Crippen LogP contribution is 2.45. The Balaban J connectivity index is 1.52. The highest BCUT2D eigenvalue weighted by Gasteiger charge is 2.34. The lowest BCUT2D eigenvalue weighted by Crippen LogP contribution is -2.30. The Hall–Kier alpha value is -3.22. The number of benzene rings is 1. The minimum absolute atomic E-state index is 0.0974. The van der Waals surface area contributed by atoms with Gasteiger partial charge in [-0.15, -0.1) is 0 Å². The topological polar surface area (TPSA) is 66.2 Å². The van der Waals surface area contributed by atoms with E-state index in [0.717, 1.165) is 24.8 Å². The predicted octanol–water partition coefficient (Wildman–Crippen LogP) is 4.98. The van der Waals surface area contributed by atoms with E-state index in [2.05, 4.69) is 23.0 Å². The molecule has 6 nitrogen and oxygen atoms in total. The second-order valence-corrected chi connectivity index (χ2v) is 8.63. The zero-order valence-corrected chi connectivity index (χ0v) is 19.5. The first-order valence-corrected chi connectivity index (χ1v) is 11.4. The SMILES string of the molecule is CCc1cc(OC(C)F)ccc1C1CCC1COc1nc(C)ncc1-c1ccn(C)c(=O)c1. The Morgan fingerprint density at radius 2 is 2.06 bits per heavy atom. The van der Waals surface area contributed by atoms with Crippen LogP contribution in [0.1, 0.15) is 49.6 Å². The zero-order chi connectivity index (χ0) is 23.5. The number of hydrogen-bond donors (Lipinski definition) is 0. The largest absolute Gasteiger partial charge is 0.477 e. The maximum Gasteiger partial charge on any atom is 0.250 e. The Labute approximate surface area is 193 Å². The molecule has 3 atom stereocenters. The molecule has 1 fully saturated rings. The summed E-state index contributed by atoms with van der Waals surface area (Å²) in [5.74, 6) is 2.42. The molecule has 1 aliphatic rings. The predicted molar refractivity (Wildman–Crippen MR) is 125 cm³/mol. The molecular formula is C26H30FN3O3. The first-order valence-electron chi connectivity index (χ1n) is 11.4. The quantitative estimate of drug-likeness (QED) is 0.483. The molecule has 1 saturated carbocycles. The summed E-state index contributed by atoms with van der Waals surface area (Å²) in [7, 11) is 1.72. The Bertz CT molecular complexity index is 1190. The van der Waals surface area contributed by atoms with Gasteiger partial charge in [0.2, 0.25) is 12.2 Å². The second-order valence-electron chi connectivity index (χ2n) is 8.63. The highest BCUT2D eigenvalue weighted by atomic mass is 19.1. The molecule has 174 valence electrons. The highest BCUT2D eigenvalue weighted by molar-refractivity contribution is 5.67. The average Bonchev–Trinajstić information content (AvgIpc) is 2.76. The molecule has 0 spiro atoms. The van der Waals surface area contributed by atoms with Gasteiger partial charge in [-0.2, -0.15) is 4.98 Å². The number of nitrogens with zero attached hydrogens (tertiary/aromatic N) is 3. The molecule has 3 aromatic rings. The average molecular weight is 452 g/mol. The van der Waals surface area contributed by atoms with Crippen molar-refractivity contribution in [3.8, 4) is 22.8 Å². The maximum absolute atomic E-state index is 13.2. The fourth-order valence-corrected chi connectivity index (χ4v) is 4.35. The van der Waals surface area contributed by atoms with Crippen molar-refractivity contribution in [3.05, 3.63) is 70.0 Å². The molecule has 0 aliphatic heterocycles. The monoisotopic (exact) mass is 451 g/mol. The van der Waals surface area contributed by atoms with Crippen LogP contribution in [0.3, 0.4) is 0 Å². The van der Waals surface area contributed by atoms with Crippen LogP contribution in [0.15, 0.2) is 47.5 Å². The van der Waals surface area contributed by atoms with Gasteiger partial charge in [-0.25, -0.2) is 9.37 Å². The van der Waals surface area contributed by atoms with E-state index in [-0.39, 0.29) is 5.56 Å². The third-order valence-electron chi connectivity index (χ3n) is 6.33. The third-order valence-corrected chi connectivity index (χ3v) is 6.33. The van der Waals surface area contributed by atoms with Crippen LogP contribution in [-0.4, -0.2) is 27.5 Å². The van der Waals surface area contributed by atoms with Crippen LogP contribution < -0.4 is 15.0 Å². The lowest BCUT2D eigenvalue weighted by Gasteiger charge is -2.38. The van der Waals surface area contributed by atoms with E-state index in [4.69, 9.17) is 9.47 Å². The van der Waals surface area contributed by atoms with Gasteiger partial charge in [0.1, 0.15) is 11.6 Å². The minimum Gasteiger partial charge on any atom is -0.477 e. The normalized spacial score (nSPS) is 18.5.